The number of H-pyrrole nitrogens is 1. The minimum Gasteiger partial charge on any atom is -0.310 e. The fourth-order valence-electron chi connectivity index (χ4n) is 2.16. The molecule has 0 spiro atoms. The second-order valence-corrected chi connectivity index (χ2v) is 4.30. The predicted octanol–water partition coefficient (Wildman–Crippen LogP) is 2.68. The van der Waals surface area contributed by atoms with Gasteiger partial charge < -0.3 is 4.98 Å². The molecule has 1 heterocycles. The van der Waals surface area contributed by atoms with Gasteiger partial charge in [0.25, 0.3) is 5.56 Å². The lowest BCUT2D eigenvalue weighted by atomic mass is 9.96. The Morgan fingerprint density at radius 3 is 2.60 bits per heavy atom. The molecule has 0 saturated heterocycles. The summed E-state index contributed by atoms with van der Waals surface area (Å²) in [4.78, 5) is 18.1. The number of fused-ring (bicyclic) bond motifs is 1. The molecule has 0 bridgehead atoms. The van der Waals surface area contributed by atoms with Gasteiger partial charge in [-0.2, -0.15) is 18.4 Å². The molecule has 0 aliphatic rings. The van der Waals surface area contributed by atoms with E-state index in [1.807, 2.05) is 0 Å². The van der Waals surface area contributed by atoms with Gasteiger partial charge in [-0.05, 0) is 25.0 Å². The van der Waals surface area contributed by atoms with Crippen LogP contribution < -0.4 is 5.56 Å². The third-order valence-corrected chi connectivity index (χ3v) is 2.98. The van der Waals surface area contributed by atoms with Crippen molar-refractivity contribution >= 4 is 10.9 Å². The molecular weight excluding hydrogens is 271 g/mol. The summed E-state index contributed by atoms with van der Waals surface area (Å²) in [5.41, 5.74) is -2.45. The largest absolute Gasteiger partial charge is 0.418 e. The zero-order valence-electron chi connectivity index (χ0n) is 10.7. The summed E-state index contributed by atoms with van der Waals surface area (Å²) in [6.07, 6.45) is -4.60. The summed E-state index contributed by atoms with van der Waals surface area (Å²) in [5.74, 6) is 0.163. The molecule has 20 heavy (non-hydrogen) atoms. The van der Waals surface area contributed by atoms with Gasteiger partial charge in [-0.25, -0.2) is 4.98 Å². The Bertz CT molecular complexity index is 785. The highest BCUT2D eigenvalue weighted by atomic mass is 19.4. The van der Waals surface area contributed by atoms with E-state index in [0.717, 1.165) is 6.07 Å². The van der Waals surface area contributed by atoms with Crippen LogP contribution in [-0.2, 0) is 12.6 Å². The number of aromatic amines is 1. The molecule has 1 aromatic heterocycles. The fraction of sp³-hybridized carbons (Fsp3) is 0.308. The molecule has 104 valence electrons. The number of nitriles is 1. The highest BCUT2D eigenvalue weighted by Gasteiger charge is 2.37. The average molecular weight is 281 g/mol. The molecule has 0 aliphatic heterocycles. The van der Waals surface area contributed by atoms with Crippen LogP contribution in [0.1, 0.15) is 29.4 Å². The number of halogens is 3. The average Bonchev–Trinajstić information content (AvgIpc) is 2.35. The minimum atomic E-state index is -4.66. The molecule has 2 rings (SSSR count). The number of hydrogen-bond donors (Lipinski definition) is 1. The fourth-order valence-corrected chi connectivity index (χ4v) is 2.16. The van der Waals surface area contributed by atoms with Crippen LogP contribution in [0.5, 0.6) is 0 Å². The molecule has 0 aliphatic carbocycles. The third-order valence-electron chi connectivity index (χ3n) is 2.98. The topological polar surface area (TPSA) is 69.5 Å². The van der Waals surface area contributed by atoms with Crippen LogP contribution in [0.15, 0.2) is 10.9 Å². The van der Waals surface area contributed by atoms with Crippen molar-refractivity contribution in [3.05, 3.63) is 38.9 Å². The zero-order chi connectivity index (χ0) is 15.1. The first-order valence-electron chi connectivity index (χ1n) is 5.83. The second-order valence-electron chi connectivity index (χ2n) is 4.30. The number of nitrogens with one attached hydrogen (secondary N) is 1. The molecular formula is C13H10F3N3O. The molecule has 4 nitrogen and oxygen atoms in total. The predicted molar refractivity (Wildman–Crippen MR) is 66.2 cm³/mol. The van der Waals surface area contributed by atoms with E-state index in [4.69, 9.17) is 5.26 Å². The van der Waals surface area contributed by atoms with Gasteiger partial charge in [0.2, 0.25) is 0 Å². The molecule has 0 fully saturated rings. The van der Waals surface area contributed by atoms with E-state index in [9.17, 15) is 18.0 Å². The van der Waals surface area contributed by atoms with Crippen LogP contribution in [0.4, 0.5) is 13.2 Å². The van der Waals surface area contributed by atoms with Crippen molar-refractivity contribution in [1.29, 1.82) is 5.26 Å². The summed E-state index contributed by atoms with van der Waals surface area (Å²) in [5, 5.41) is 9.08. The van der Waals surface area contributed by atoms with Crippen LogP contribution in [0.2, 0.25) is 0 Å². The second kappa shape index (κ2) is 4.63. The van der Waals surface area contributed by atoms with Crippen molar-refractivity contribution in [3.63, 3.8) is 0 Å². The van der Waals surface area contributed by atoms with Gasteiger partial charge in [0.1, 0.15) is 11.9 Å². The van der Waals surface area contributed by atoms with Gasteiger partial charge in [0, 0.05) is 0 Å². The van der Waals surface area contributed by atoms with Crippen LogP contribution in [-0.4, -0.2) is 9.97 Å². The van der Waals surface area contributed by atoms with Crippen molar-refractivity contribution in [2.45, 2.75) is 26.4 Å². The first-order chi connectivity index (χ1) is 9.29. The Morgan fingerprint density at radius 1 is 1.45 bits per heavy atom. The number of aromatic nitrogens is 2. The molecule has 0 amide bonds. The normalized spacial score (nSPS) is 11.6. The third kappa shape index (κ3) is 2.13. The Morgan fingerprint density at radius 2 is 2.10 bits per heavy atom. The lowest BCUT2D eigenvalue weighted by Crippen LogP contribution is -2.17. The SMILES string of the molecule is CCc1cc2c(=O)[nH]c(C)nc2c(C#N)c1C(F)(F)F. The van der Waals surface area contributed by atoms with Crippen LogP contribution in [0.25, 0.3) is 10.9 Å². The van der Waals surface area contributed by atoms with Gasteiger partial charge in [-0.3, -0.25) is 4.79 Å². The molecule has 1 N–H and O–H groups in total. The molecule has 2 aromatic rings. The molecule has 7 heteroatoms. The van der Waals surface area contributed by atoms with Crippen molar-refractivity contribution in [3.8, 4) is 6.07 Å². The number of alkyl halides is 3. The maximum absolute atomic E-state index is 13.1. The Kier molecular flexibility index (Phi) is 3.26. The standard InChI is InChI=1S/C13H10F3N3O/c1-3-7-4-8-11(18-6(2)19-12(8)20)9(5-17)10(7)13(14,15)16/h4H,3H2,1-2H3,(H,18,19,20). The van der Waals surface area contributed by atoms with E-state index < -0.39 is 22.9 Å². The van der Waals surface area contributed by atoms with E-state index in [1.165, 1.54) is 19.9 Å². The first-order valence-corrected chi connectivity index (χ1v) is 5.83. The number of hydrogen-bond acceptors (Lipinski definition) is 3. The van der Waals surface area contributed by atoms with Gasteiger partial charge in [-0.1, -0.05) is 6.92 Å². The Hall–Kier alpha value is -2.36. The molecule has 0 saturated carbocycles. The van der Waals surface area contributed by atoms with Gasteiger partial charge >= 0.3 is 6.18 Å². The lowest BCUT2D eigenvalue weighted by molar-refractivity contribution is -0.138. The monoisotopic (exact) mass is 281 g/mol. The first kappa shape index (κ1) is 14.1. The number of aryl methyl sites for hydroxylation is 2. The van der Waals surface area contributed by atoms with Crippen molar-refractivity contribution < 1.29 is 13.2 Å². The maximum Gasteiger partial charge on any atom is 0.418 e. The van der Waals surface area contributed by atoms with Gasteiger partial charge in [0.05, 0.1) is 22.0 Å². The van der Waals surface area contributed by atoms with E-state index in [2.05, 4.69) is 9.97 Å². The highest BCUT2D eigenvalue weighted by molar-refractivity contribution is 5.86. The van der Waals surface area contributed by atoms with E-state index in [-0.39, 0.29) is 28.7 Å². The lowest BCUT2D eigenvalue weighted by Gasteiger charge is -2.15. The number of benzene rings is 1. The molecule has 0 unspecified atom stereocenters. The van der Waals surface area contributed by atoms with Crippen molar-refractivity contribution in [1.82, 2.24) is 9.97 Å². The summed E-state index contributed by atoms with van der Waals surface area (Å²) in [6, 6.07) is 2.70. The smallest absolute Gasteiger partial charge is 0.310 e. The zero-order valence-corrected chi connectivity index (χ0v) is 10.7. The molecule has 1 aromatic carbocycles. The van der Waals surface area contributed by atoms with E-state index in [0.29, 0.717) is 0 Å². The van der Waals surface area contributed by atoms with E-state index in [1.54, 1.807) is 0 Å². The van der Waals surface area contributed by atoms with Crippen molar-refractivity contribution in [2.75, 3.05) is 0 Å². The summed E-state index contributed by atoms with van der Waals surface area (Å²) in [7, 11) is 0. The molecule has 0 radical (unpaired) electrons. The van der Waals surface area contributed by atoms with Gasteiger partial charge in [-0.15, -0.1) is 0 Å². The number of rotatable bonds is 1. The van der Waals surface area contributed by atoms with Gasteiger partial charge in [0.15, 0.2) is 0 Å². The van der Waals surface area contributed by atoms with Crippen LogP contribution >= 0.6 is 0 Å². The Balaban J connectivity index is 3.08. The summed E-state index contributed by atoms with van der Waals surface area (Å²) >= 11 is 0. The number of nitrogens with zero attached hydrogens (tertiary/aromatic N) is 2. The quantitative estimate of drug-likeness (QED) is 0.873. The van der Waals surface area contributed by atoms with Crippen LogP contribution in [0, 0.1) is 18.3 Å². The van der Waals surface area contributed by atoms with Crippen LogP contribution in [0.3, 0.4) is 0 Å². The summed E-state index contributed by atoms with van der Waals surface area (Å²) < 4.78 is 39.4. The molecule has 0 atom stereocenters. The van der Waals surface area contributed by atoms with E-state index >= 15 is 0 Å². The minimum absolute atomic E-state index is 0.00278. The van der Waals surface area contributed by atoms with Crippen molar-refractivity contribution in [2.24, 2.45) is 0 Å². The Labute approximate surface area is 111 Å². The highest BCUT2D eigenvalue weighted by Crippen LogP contribution is 2.37. The maximum atomic E-state index is 13.1. The summed E-state index contributed by atoms with van der Waals surface area (Å²) in [6.45, 7) is 2.98.